The van der Waals surface area contributed by atoms with Gasteiger partial charge in [-0.1, -0.05) is 69.8 Å². The summed E-state index contributed by atoms with van der Waals surface area (Å²) in [5.41, 5.74) is 4.98. The lowest BCUT2D eigenvalue weighted by Gasteiger charge is -2.24. The molecule has 2 rings (SSSR count). The van der Waals surface area contributed by atoms with Crippen molar-refractivity contribution in [1.29, 1.82) is 0 Å². The van der Waals surface area contributed by atoms with Crippen LogP contribution in [0, 0.1) is 0 Å². The van der Waals surface area contributed by atoms with E-state index >= 15 is 0 Å². The van der Waals surface area contributed by atoms with Crippen molar-refractivity contribution in [2.24, 2.45) is 0 Å². The van der Waals surface area contributed by atoms with Crippen LogP contribution in [0.5, 0.6) is 0 Å². The van der Waals surface area contributed by atoms with Gasteiger partial charge in [-0.25, -0.2) is 0 Å². The van der Waals surface area contributed by atoms with E-state index in [1.165, 1.54) is 0 Å². The number of nitrogens with zero attached hydrogens (tertiary/aromatic N) is 2. The Morgan fingerprint density at radius 3 is 1.94 bits per heavy atom. The second-order valence-corrected chi connectivity index (χ2v) is 11.1. The molecule has 2 aromatic carbocycles. The van der Waals surface area contributed by atoms with Gasteiger partial charge in [-0.2, -0.15) is 0 Å². The first-order valence-electron chi connectivity index (χ1n) is 16.5. The van der Waals surface area contributed by atoms with Crippen LogP contribution in [0.15, 0.2) is 78.8 Å². The summed E-state index contributed by atoms with van der Waals surface area (Å²) in [5.74, 6) is 0.147. The minimum atomic E-state index is -0.199. The van der Waals surface area contributed by atoms with Crippen LogP contribution in [-0.4, -0.2) is 86.9 Å². The Bertz CT molecular complexity index is 1400. The molecule has 0 unspecified atom stereocenters. The van der Waals surface area contributed by atoms with Gasteiger partial charge in [0, 0.05) is 43.1 Å². The molecule has 0 spiro atoms. The van der Waals surface area contributed by atoms with Gasteiger partial charge in [0.1, 0.15) is 0 Å². The lowest BCUT2D eigenvalue weighted by atomic mass is 10.0. The Balaban J connectivity index is 1.95. The molecule has 0 heterocycles. The fourth-order valence-electron chi connectivity index (χ4n) is 4.96. The minimum absolute atomic E-state index is 0.0490. The lowest BCUT2D eigenvalue weighted by Crippen LogP contribution is -2.42. The predicted octanol–water partition coefficient (Wildman–Crippen LogP) is 4.26. The Kier molecular flexibility index (Phi) is 17.7. The number of hydrogen-bond acceptors (Lipinski definition) is 7. The first-order valence-corrected chi connectivity index (χ1v) is 16.5. The van der Waals surface area contributed by atoms with Crippen LogP contribution in [-0.2, 0) is 19.1 Å². The molecule has 0 atom stereocenters. The molecule has 0 aliphatic carbocycles. The summed E-state index contributed by atoms with van der Waals surface area (Å²) in [6, 6.07) is 15.4. The van der Waals surface area contributed by atoms with Crippen LogP contribution in [0.3, 0.4) is 0 Å². The Morgan fingerprint density at radius 1 is 0.812 bits per heavy atom. The molecule has 0 fully saturated rings. The molecule has 0 radical (unpaired) electrons. The summed E-state index contributed by atoms with van der Waals surface area (Å²) >= 11 is 0. The molecular formula is C37H52N6O5. The molecule has 0 aromatic heterocycles. The molecule has 11 nitrogen and oxygen atoms in total. The fraction of sp³-hybridized carbons (Fsp3) is 0.405. The Morgan fingerprint density at radius 2 is 1.40 bits per heavy atom. The molecule has 4 amide bonds. The largest absolute Gasteiger partial charge is 0.483 e. The predicted molar refractivity (Wildman–Crippen MR) is 191 cm³/mol. The standard InChI is InChI=1S/C37H52N6O5/c1-7-11-34(48-6)40-25-36(46)42(21-8-2)23-20-39-37(47)32-18-14-30(15-19-32)29-12-16-31(17-13-29)33(10-4)41-28(5)26-43(22-9-3)35(45)24-38-27-44/h10-19,27,40-41H,5,7-9,20-26H2,1-4,6H3,(H,38,44)(H,39,47)/b33-10-,34-11+. The number of hydrogen-bond donors (Lipinski definition) is 4. The van der Waals surface area contributed by atoms with E-state index in [9.17, 15) is 19.2 Å². The van der Waals surface area contributed by atoms with Crippen LogP contribution in [0.1, 0.15) is 62.9 Å². The smallest absolute Gasteiger partial charge is 0.251 e. The van der Waals surface area contributed by atoms with E-state index in [4.69, 9.17) is 4.74 Å². The second-order valence-electron chi connectivity index (χ2n) is 11.1. The number of methoxy groups -OCH3 is 1. The fourth-order valence-corrected chi connectivity index (χ4v) is 4.96. The molecule has 48 heavy (non-hydrogen) atoms. The SMILES string of the molecule is C=C(CN(CCC)C(=O)CNC=O)N/C(=C\C)c1ccc(-c2ccc(C(=O)NCCN(CCC)C(=O)CN/C(=C\CC)OC)cc2)cc1. The highest BCUT2D eigenvalue weighted by atomic mass is 16.5. The van der Waals surface area contributed by atoms with Crippen LogP contribution in [0.25, 0.3) is 16.8 Å². The van der Waals surface area contributed by atoms with Gasteiger partial charge in [0.2, 0.25) is 18.2 Å². The molecule has 11 heteroatoms. The normalized spacial score (nSPS) is 11.3. The van der Waals surface area contributed by atoms with E-state index in [1.807, 2.05) is 76.2 Å². The second kappa shape index (κ2) is 21.7. The van der Waals surface area contributed by atoms with E-state index in [0.717, 1.165) is 41.6 Å². The van der Waals surface area contributed by atoms with Gasteiger partial charge in [-0.05, 0) is 61.1 Å². The van der Waals surface area contributed by atoms with Gasteiger partial charge in [0.05, 0.1) is 26.7 Å². The number of rotatable bonds is 22. The van der Waals surface area contributed by atoms with Crippen molar-refractivity contribution in [2.45, 2.75) is 47.0 Å². The maximum absolute atomic E-state index is 12.8. The zero-order valence-electron chi connectivity index (χ0n) is 29.1. The summed E-state index contributed by atoms with van der Waals surface area (Å²) in [6.45, 7) is 14.3. The van der Waals surface area contributed by atoms with Gasteiger partial charge in [0.25, 0.3) is 5.91 Å². The number of carbonyl (C=O) groups is 4. The zero-order valence-corrected chi connectivity index (χ0v) is 29.1. The third kappa shape index (κ3) is 13.0. The van der Waals surface area contributed by atoms with Crippen molar-refractivity contribution >= 4 is 29.8 Å². The molecule has 0 aliphatic heterocycles. The first kappa shape index (κ1) is 39.1. The Hall–Kier alpha value is -5.06. The van der Waals surface area contributed by atoms with E-state index in [-0.39, 0.29) is 30.8 Å². The van der Waals surface area contributed by atoms with E-state index < -0.39 is 0 Å². The van der Waals surface area contributed by atoms with Crippen molar-refractivity contribution in [3.05, 3.63) is 90.0 Å². The molecule has 0 saturated carbocycles. The van der Waals surface area contributed by atoms with Crippen molar-refractivity contribution in [3.63, 3.8) is 0 Å². The number of allylic oxidation sites excluding steroid dienone is 2. The van der Waals surface area contributed by atoms with Crippen LogP contribution in [0.2, 0.25) is 0 Å². The summed E-state index contributed by atoms with van der Waals surface area (Å²) in [4.78, 5) is 52.0. The average molecular weight is 661 g/mol. The van der Waals surface area contributed by atoms with Crippen LogP contribution in [0.4, 0.5) is 0 Å². The molecule has 260 valence electrons. The highest BCUT2D eigenvalue weighted by Crippen LogP contribution is 2.23. The molecular weight excluding hydrogens is 608 g/mol. The molecule has 0 bridgehead atoms. The number of nitrogens with one attached hydrogen (secondary N) is 4. The monoisotopic (exact) mass is 660 g/mol. The van der Waals surface area contributed by atoms with Crippen molar-refractivity contribution < 1.29 is 23.9 Å². The molecule has 2 aromatic rings. The third-order valence-corrected chi connectivity index (χ3v) is 7.38. The van der Waals surface area contributed by atoms with E-state index in [2.05, 4.69) is 27.8 Å². The van der Waals surface area contributed by atoms with E-state index in [0.29, 0.717) is 56.3 Å². The summed E-state index contributed by atoms with van der Waals surface area (Å²) in [6.07, 6.45) is 6.74. The quantitative estimate of drug-likeness (QED) is 0.110. The maximum Gasteiger partial charge on any atom is 0.251 e. The summed E-state index contributed by atoms with van der Waals surface area (Å²) in [5, 5.41) is 11.7. The molecule has 0 saturated heterocycles. The number of ether oxygens (including phenoxy) is 1. The highest BCUT2D eigenvalue weighted by molar-refractivity contribution is 5.94. The first-order chi connectivity index (χ1) is 23.2. The van der Waals surface area contributed by atoms with Crippen LogP contribution < -0.4 is 21.3 Å². The number of carbonyl (C=O) groups excluding carboxylic acids is 4. The zero-order chi connectivity index (χ0) is 35.3. The number of benzene rings is 2. The third-order valence-electron chi connectivity index (χ3n) is 7.38. The summed E-state index contributed by atoms with van der Waals surface area (Å²) in [7, 11) is 1.56. The van der Waals surface area contributed by atoms with Gasteiger partial charge in [0.15, 0.2) is 5.88 Å². The van der Waals surface area contributed by atoms with Crippen LogP contribution >= 0.6 is 0 Å². The highest BCUT2D eigenvalue weighted by Gasteiger charge is 2.16. The maximum atomic E-state index is 12.8. The van der Waals surface area contributed by atoms with Gasteiger partial charge < -0.3 is 35.8 Å². The summed E-state index contributed by atoms with van der Waals surface area (Å²) < 4.78 is 5.24. The topological polar surface area (TPSA) is 132 Å². The Labute approximate surface area is 285 Å². The minimum Gasteiger partial charge on any atom is -0.483 e. The average Bonchev–Trinajstić information content (AvgIpc) is 3.10. The molecule has 4 N–H and O–H groups in total. The van der Waals surface area contributed by atoms with Crippen molar-refractivity contribution in [2.75, 3.05) is 52.9 Å². The van der Waals surface area contributed by atoms with Gasteiger partial charge in [-0.15, -0.1) is 0 Å². The van der Waals surface area contributed by atoms with Crippen molar-refractivity contribution in [3.8, 4) is 11.1 Å². The van der Waals surface area contributed by atoms with Gasteiger partial charge in [-0.3, -0.25) is 19.2 Å². The van der Waals surface area contributed by atoms with Gasteiger partial charge >= 0.3 is 0 Å². The van der Waals surface area contributed by atoms with Crippen molar-refractivity contribution in [1.82, 2.24) is 31.1 Å². The lowest BCUT2D eigenvalue weighted by molar-refractivity contribution is -0.131. The molecule has 0 aliphatic rings. The number of amides is 4. The van der Waals surface area contributed by atoms with E-state index in [1.54, 1.807) is 29.0 Å².